The average molecular weight is 302 g/mol. The van der Waals surface area contributed by atoms with E-state index in [-0.39, 0.29) is 5.54 Å². The molecule has 0 aliphatic carbocycles. The molecule has 1 aromatic rings. The Balaban J connectivity index is 1.80. The maximum Gasteiger partial charge on any atom is 0.193 e. The SMILES string of the molecule is CN=C(NCCNC(C)(C)C)N1CCC(c2ccccc2)C1. The maximum absolute atomic E-state index is 4.44. The lowest BCUT2D eigenvalue weighted by atomic mass is 9.99. The maximum atomic E-state index is 4.44. The molecule has 4 heteroatoms. The predicted molar refractivity (Wildman–Crippen MR) is 94.5 cm³/mol. The summed E-state index contributed by atoms with van der Waals surface area (Å²) in [5.74, 6) is 1.64. The molecule has 1 heterocycles. The molecular weight excluding hydrogens is 272 g/mol. The molecule has 122 valence electrons. The fourth-order valence-corrected chi connectivity index (χ4v) is 2.89. The normalized spacial score (nSPS) is 19.5. The number of likely N-dealkylation sites (tertiary alicyclic amines) is 1. The van der Waals surface area contributed by atoms with Crippen LogP contribution in [0.5, 0.6) is 0 Å². The summed E-state index contributed by atoms with van der Waals surface area (Å²) >= 11 is 0. The van der Waals surface area contributed by atoms with E-state index in [1.807, 2.05) is 7.05 Å². The molecule has 1 aromatic carbocycles. The first-order chi connectivity index (χ1) is 10.5. The molecule has 0 radical (unpaired) electrons. The zero-order chi connectivity index (χ0) is 16.0. The highest BCUT2D eigenvalue weighted by molar-refractivity contribution is 5.80. The van der Waals surface area contributed by atoms with Crippen LogP contribution in [0.4, 0.5) is 0 Å². The Labute approximate surface area is 135 Å². The molecule has 0 spiro atoms. The van der Waals surface area contributed by atoms with Crippen LogP contribution in [-0.2, 0) is 0 Å². The lowest BCUT2D eigenvalue weighted by molar-refractivity contribution is 0.423. The van der Waals surface area contributed by atoms with Crippen molar-refractivity contribution in [1.29, 1.82) is 0 Å². The number of benzene rings is 1. The minimum absolute atomic E-state index is 0.164. The second-order valence-electron chi connectivity index (χ2n) is 6.99. The molecule has 22 heavy (non-hydrogen) atoms. The summed E-state index contributed by atoms with van der Waals surface area (Å²) in [6.07, 6.45) is 1.20. The summed E-state index contributed by atoms with van der Waals surface area (Å²) < 4.78 is 0. The minimum Gasteiger partial charge on any atom is -0.355 e. The van der Waals surface area contributed by atoms with Crippen molar-refractivity contribution in [1.82, 2.24) is 15.5 Å². The average Bonchev–Trinajstić information content (AvgIpc) is 2.97. The molecule has 0 saturated carbocycles. The van der Waals surface area contributed by atoms with Crippen LogP contribution in [0.1, 0.15) is 38.7 Å². The van der Waals surface area contributed by atoms with Gasteiger partial charge in [0.2, 0.25) is 0 Å². The Morgan fingerprint density at radius 1 is 1.23 bits per heavy atom. The zero-order valence-electron chi connectivity index (χ0n) is 14.4. The third-order valence-electron chi connectivity index (χ3n) is 4.03. The first-order valence-corrected chi connectivity index (χ1v) is 8.25. The fraction of sp³-hybridized carbons (Fsp3) is 0.611. The number of hydrogen-bond acceptors (Lipinski definition) is 2. The van der Waals surface area contributed by atoms with Gasteiger partial charge in [-0.1, -0.05) is 30.3 Å². The number of rotatable bonds is 4. The molecule has 1 saturated heterocycles. The molecule has 1 aliphatic heterocycles. The largest absolute Gasteiger partial charge is 0.355 e. The molecule has 1 aliphatic rings. The van der Waals surface area contributed by atoms with Gasteiger partial charge >= 0.3 is 0 Å². The second kappa shape index (κ2) is 7.63. The van der Waals surface area contributed by atoms with Crippen LogP contribution < -0.4 is 10.6 Å². The summed E-state index contributed by atoms with van der Waals surface area (Å²) in [5, 5.41) is 6.96. The number of nitrogens with zero attached hydrogens (tertiary/aromatic N) is 2. The highest BCUT2D eigenvalue weighted by atomic mass is 15.3. The van der Waals surface area contributed by atoms with Crippen LogP contribution in [0.3, 0.4) is 0 Å². The molecular formula is C18H30N4. The number of aliphatic imine (C=N–C) groups is 1. The first-order valence-electron chi connectivity index (χ1n) is 8.25. The molecule has 2 rings (SSSR count). The van der Waals surface area contributed by atoms with Crippen molar-refractivity contribution >= 4 is 5.96 Å². The van der Waals surface area contributed by atoms with Crippen molar-refractivity contribution in [3.05, 3.63) is 35.9 Å². The van der Waals surface area contributed by atoms with Gasteiger partial charge in [0.15, 0.2) is 5.96 Å². The van der Waals surface area contributed by atoms with Crippen molar-refractivity contribution in [3.8, 4) is 0 Å². The van der Waals surface area contributed by atoms with E-state index >= 15 is 0 Å². The minimum atomic E-state index is 0.164. The van der Waals surface area contributed by atoms with Gasteiger partial charge in [-0.25, -0.2) is 0 Å². The number of guanidine groups is 1. The Morgan fingerprint density at radius 3 is 2.59 bits per heavy atom. The van der Waals surface area contributed by atoms with Crippen molar-refractivity contribution < 1.29 is 0 Å². The Morgan fingerprint density at radius 2 is 1.95 bits per heavy atom. The Bertz CT molecular complexity index is 476. The predicted octanol–water partition coefficient (Wildman–Crippen LogP) is 2.44. The van der Waals surface area contributed by atoms with E-state index in [2.05, 4.69) is 71.6 Å². The van der Waals surface area contributed by atoms with Gasteiger partial charge in [0, 0.05) is 44.7 Å². The standard InChI is InChI=1S/C18H30N4/c1-18(2,3)21-12-11-20-17(19-4)22-13-10-16(14-22)15-8-6-5-7-9-15/h5-9,16,21H,10-14H2,1-4H3,(H,19,20). The van der Waals surface area contributed by atoms with E-state index in [0.717, 1.165) is 32.1 Å². The smallest absolute Gasteiger partial charge is 0.193 e. The summed E-state index contributed by atoms with van der Waals surface area (Å²) in [6, 6.07) is 10.8. The third kappa shape index (κ3) is 5.02. The molecule has 1 unspecified atom stereocenters. The first kappa shape index (κ1) is 16.8. The second-order valence-corrected chi connectivity index (χ2v) is 6.99. The summed E-state index contributed by atoms with van der Waals surface area (Å²) in [7, 11) is 1.87. The van der Waals surface area contributed by atoms with Crippen LogP contribution in [-0.4, -0.2) is 49.6 Å². The molecule has 1 fully saturated rings. The highest BCUT2D eigenvalue weighted by Crippen LogP contribution is 2.26. The van der Waals surface area contributed by atoms with E-state index in [0.29, 0.717) is 5.92 Å². The monoisotopic (exact) mass is 302 g/mol. The van der Waals surface area contributed by atoms with Crippen molar-refractivity contribution in [3.63, 3.8) is 0 Å². The van der Waals surface area contributed by atoms with Crippen LogP contribution >= 0.6 is 0 Å². The zero-order valence-corrected chi connectivity index (χ0v) is 14.4. The van der Waals surface area contributed by atoms with Gasteiger partial charge in [-0.15, -0.1) is 0 Å². The highest BCUT2D eigenvalue weighted by Gasteiger charge is 2.25. The van der Waals surface area contributed by atoms with E-state index in [1.165, 1.54) is 12.0 Å². The van der Waals surface area contributed by atoms with Gasteiger partial charge in [0.05, 0.1) is 0 Å². The van der Waals surface area contributed by atoms with Gasteiger partial charge in [0.25, 0.3) is 0 Å². The van der Waals surface area contributed by atoms with Gasteiger partial charge < -0.3 is 15.5 Å². The quantitative estimate of drug-likeness (QED) is 0.510. The van der Waals surface area contributed by atoms with E-state index < -0.39 is 0 Å². The number of hydrogen-bond donors (Lipinski definition) is 2. The summed E-state index contributed by atoms with van der Waals surface area (Å²) in [5.41, 5.74) is 1.60. The Kier molecular flexibility index (Phi) is 5.83. The Hall–Kier alpha value is -1.55. The van der Waals surface area contributed by atoms with E-state index in [9.17, 15) is 0 Å². The van der Waals surface area contributed by atoms with Crippen molar-refractivity contribution in [2.75, 3.05) is 33.2 Å². The van der Waals surface area contributed by atoms with E-state index in [4.69, 9.17) is 0 Å². The van der Waals surface area contributed by atoms with Crippen LogP contribution in [0.2, 0.25) is 0 Å². The molecule has 1 atom stereocenters. The van der Waals surface area contributed by atoms with Crippen LogP contribution in [0.25, 0.3) is 0 Å². The van der Waals surface area contributed by atoms with E-state index in [1.54, 1.807) is 0 Å². The number of nitrogens with one attached hydrogen (secondary N) is 2. The molecule has 2 N–H and O–H groups in total. The molecule has 0 aromatic heterocycles. The summed E-state index contributed by atoms with van der Waals surface area (Å²) in [6.45, 7) is 10.5. The fourth-order valence-electron chi connectivity index (χ4n) is 2.89. The lowest BCUT2D eigenvalue weighted by Gasteiger charge is -2.24. The van der Waals surface area contributed by atoms with Crippen molar-refractivity contribution in [2.24, 2.45) is 4.99 Å². The van der Waals surface area contributed by atoms with Gasteiger partial charge in [-0.2, -0.15) is 0 Å². The van der Waals surface area contributed by atoms with Gasteiger partial charge in [0.1, 0.15) is 0 Å². The lowest BCUT2D eigenvalue weighted by Crippen LogP contribution is -2.45. The topological polar surface area (TPSA) is 39.7 Å². The molecule has 4 nitrogen and oxygen atoms in total. The van der Waals surface area contributed by atoms with Gasteiger partial charge in [-0.05, 0) is 32.8 Å². The van der Waals surface area contributed by atoms with Crippen molar-refractivity contribution in [2.45, 2.75) is 38.6 Å². The third-order valence-corrected chi connectivity index (χ3v) is 4.03. The summed E-state index contributed by atoms with van der Waals surface area (Å²) in [4.78, 5) is 6.81. The van der Waals surface area contributed by atoms with Crippen LogP contribution in [0, 0.1) is 0 Å². The van der Waals surface area contributed by atoms with Gasteiger partial charge in [-0.3, -0.25) is 4.99 Å². The molecule has 0 amide bonds. The molecule has 0 bridgehead atoms. The van der Waals surface area contributed by atoms with Crippen LogP contribution in [0.15, 0.2) is 35.3 Å².